The zero-order valence-electron chi connectivity index (χ0n) is 12.1. The summed E-state index contributed by atoms with van der Waals surface area (Å²) in [6.07, 6.45) is 9.16. The summed E-state index contributed by atoms with van der Waals surface area (Å²) in [7, 11) is 0. The van der Waals surface area contributed by atoms with Crippen LogP contribution in [0.15, 0.2) is 29.4 Å². The molecule has 0 spiro atoms. The van der Waals surface area contributed by atoms with Gasteiger partial charge in [0, 0.05) is 17.0 Å². The Morgan fingerprint density at radius 1 is 1.20 bits per heavy atom. The third kappa shape index (κ3) is 7.29. The third-order valence-electron chi connectivity index (χ3n) is 3.06. The van der Waals surface area contributed by atoms with Crippen molar-refractivity contribution in [3.8, 4) is 0 Å². The van der Waals surface area contributed by atoms with Crippen molar-refractivity contribution in [2.75, 3.05) is 0 Å². The summed E-state index contributed by atoms with van der Waals surface area (Å²) < 4.78 is 0. The summed E-state index contributed by atoms with van der Waals surface area (Å²) in [5, 5.41) is 4.55. The van der Waals surface area contributed by atoms with Crippen molar-refractivity contribution in [1.29, 1.82) is 0 Å². The van der Waals surface area contributed by atoms with E-state index in [4.69, 9.17) is 11.6 Å². The summed E-state index contributed by atoms with van der Waals surface area (Å²) in [6, 6.07) is 7.38. The predicted molar refractivity (Wildman–Crippen MR) is 85.2 cm³/mol. The first-order valence-electron chi connectivity index (χ1n) is 7.30. The Labute approximate surface area is 126 Å². The molecule has 0 saturated heterocycles. The minimum atomic E-state index is -0.0382. The number of benzene rings is 1. The van der Waals surface area contributed by atoms with Crippen LogP contribution in [0.1, 0.15) is 57.4 Å². The molecule has 1 aromatic rings. The van der Waals surface area contributed by atoms with Gasteiger partial charge >= 0.3 is 0 Å². The topological polar surface area (TPSA) is 41.5 Å². The maximum Gasteiger partial charge on any atom is 0.240 e. The molecular formula is C16H23ClN2O. The largest absolute Gasteiger partial charge is 0.273 e. The quantitative estimate of drug-likeness (QED) is 0.405. The van der Waals surface area contributed by atoms with Crippen LogP contribution in [0.4, 0.5) is 0 Å². The number of nitrogens with one attached hydrogen (secondary N) is 1. The second-order valence-corrected chi connectivity index (χ2v) is 5.24. The zero-order chi connectivity index (χ0) is 14.6. The summed E-state index contributed by atoms with van der Waals surface area (Å²) in [6.45, 7) is 2.20. The molecule has 1 aromatic carbocycles. The number of hydrogen-bond acceptors (Lipinski definition) is 2. The molecule has 110 valence electrons. The van der Waals surface area contributed by atoms with Crippen LogP contribution in [0.3, 0.4) is 0 Å². The third-order valence-corrected chi connectivity index (χ3v) is 3.40. The van der Waals surface area contributed by atoms with E-state index in [2.05, 4.69) is 17.5 Å². The van der Waals surface area contributed by atoms with E-state index in [9.17, 15) is 4.79 Å². The van der Waals surface area contributed by atoms with Crippen molar-refractivity contribution in [1.82, 2.24) is 5.43 Å². The smallest absolute Gasteiger partial charge is 0.240 e. The van der Waals surface area contributed by atoms with Crippen LogP contribution in [0, 0.1) is 0 Å². The Kier molecular flexibility index (Phi) is 8.72. The Morgan fingerprint density at radius 3 is 2.65 bits per heavy atom. The molecule has 0 saturated carbocycles. The molecule has 0 unspecified atom stereocenters. The van der Waals surface area contributed by atoms with Gasteiger partial charge in [-0.25, -0.2) is 5.43 Å². The molecule has 20 heavy (non-hydrogen) atoms. The number of amides is 1. The monoisotopic (exact) mass is 294 g/mol. The Morgan fingerprint density at radius 2 is 1.90 bits per heavy atom. The van der Waals surface area contributed by atoms with E-state index in [0.717, 1.165) is 18.4 Å². The highest BCUT2D eigenvalue weighted by Crippen LogP contribution is 2.12. The molecule has 1 amide bonds. The van der Waals surface area contributed by atoms with Crippen LogP contribution in [0.2, 0.25) is 5.02 Å². The van der Waals surface area contributed by atoms with E-state index < -0.39 is 0 Å². The highest BCUT2D eigenvalue weighted by atomic mass is 35.5. The predicted octanol–water partition coefficient (Wildman–Crippen LogP) is 4.54. The molecule has 1 rings (SSSR count). The number of carbonyl (C=O) groups excluding carboxylic acids is 1. The fourth-order valence-electron chi connectivity index (χ4n) is 1.88. The Bertz CT molecular complexity index is 432. The maximum absolute atomic E-state index is 11.5. The normalized spacial score (nSPS) is 10.9. The van der Waals surface area contributed by atoms with Gasteiger partial charge in [-0.3, -0.25) is 4.79 Å². The molecule has 0 atom stereocenters. The second kappa shape index (κ2) is 10.4. The van der Waals surface area contributed by atoms with E-state index in [-0.39, 0.29) is 5.91 Å². The fraction of sp³-hybridized carbons (Fsp3) is 0.500. The zero-order valence-corrected chi connectivity index (χ0v) is 12.8. The van der Waals surface area contributed by atoms with Gasteiger partial charge < -0.3 is 0 Å². The number of hydrogen-bond donors (Lipinski definition) is 1. The number of rotatable bonds is 9. The van der Waals surface area contributed by atoms with Crippen molar-refractivity contribution in [2.45, 2.75) is 51.9 Å². The lowest BCUT2D eigenvalue weighted by atomic mass is 10.1. The average molecular weight is 295 g/mol. The molecule has 0 aromatic heterocycles. The molecule has 1 N–H and O–H groups in total. The van der Waals surface area contributed by atoms with Gasteiger partial charge in [-0.2, -0.15) is 5.10 Å². The van der Waals surface area contributed by atoms with E-state index in [1.807, 2.05) is 18.2 Å². The Hall–Kier alpha value is -1.35. The van der Waals surface area contributed by atoms with Gasteiger partial charge in [0.25, 0.3) is 0 Å². The molecule has 0 fully saturated rings. The van der Waals surface area contributed by atoms with E-state index >= 15 is 0 Å². The minimum absolute atomic E-state index is 0.0382. The van der Waals surface area contributed by atoms with E-state index in [1.54, 1.807) is 12.3 Å². The number of hydrazone groups is 1. The van der Waals surface area contributed by atoms with Gasteiger partial charge in [-0.15, -0.1) is 0 Å². The van der Waals surface area contributed by atoms with Crippen molar-refractivity contribution < 1.29 is 4.79 Å². The summed E-state index contributed by atoms with van der Waals surface area (Å²) >= 11 is 5.98. The van der Waals surface area contributed by atoms with Crippen LogP contribution in [0.25, 0.3) is 0 Å². The first kappa shape index (κ1) is 16.7. The maximum atomic E-state index is 11.5. The van der Waals surface area contributed by atoms with Gasteiger partial charge in [0.05, 0.1) is 6.21 Å². The van der Waals surface area contributed by atoms with E-state index in [0.29, 0.717) is 11.4 Å². The van der Waals surface area contributed by atoms with Crippen molar-refractivity contribution in [3.63, 3.8) is 0 Å². The number of carbonyl (C=O) groups is 1. The van der Waals surface area contributed by atoms with Crippen molar-refractivity contribution in [3.05, 3.63) is 34.9 Å². The molecule has 0 heterocycles. The van der Waals surface area contributed by atoms with Gasteiger partial charge in [0.2, 0.25) is 5.91 Å². The van der Waals surface area contributed by atoms with E-state index in [1.165, 1.54) is 25.7 Å². The molecule has 0 radical (unpaired) electrons. The number of unbranched alkanes of at least 4 members (excludes halogenated alkanes) is 5. The molecule has 0 bridgehead atoms. The van der Waals surface area contributed by atoms with Crippen LogP contribution in [-0.2, 0) is 4.79 Å². The summed E-state index contributed by atoms with van der Waals surface area (Å²) in [5.41, 5.74) is 3.33. The minimum Gasteiger partial charge on any atom is -0.273 e. The number of nitrogens with zero attached hydrogens (tertiary/aromatic N) is 1. The van der Waals surface area contributed by atoms with Crippen LogP contribution < -0.4 is 5.43 Å². The molecule has 0 aliphatic carbocycles. The molecule has 0 aliphatic rings. The number of halogens is 1. The first-order chi connectivity index (χ1) is 9.74. The average Bonchev–Trinajstić information content (AvgIpc) is 2.45. The van der Waals surface area contributed by atoms with Crippen LogP contribution >= 0.6 is 11.6 Å². The van der Waals surface area contributed by atoms with Gasteiger partial charge in [0.1, 0.15) is 0 Å². The standard InChI is InChI=1S/C16H23ClN2O/c1-2-3-4-5-6-7-12-16(20)19-18-13-14-10-8-9-11-15(14)17/h8-11,13H,2-7,12H2,1H3,(H,19,20). The van der Waals surface area contributed by atoms with Crippen molar-refractivity contribution in [2.24, 2.45) is 5.10 Å². The lowest BCUT2D eigenvalue weighted by Crippen LogP contribution is -2.16. The first-order valence-corrected chi connectivity index (χ1v) is 7.68. The van der Waals surface area contributed by atoms with Gasteiger partial charge in [0.15, 0.2) is 0 Å². The van der Waals surface area contributed by atoms with Gasteiger partial charge in [-0.1, -0.05) is 68.8 Å². The van der Waals surface area contributed by atoms with Crippen LogP contribution in [-0.4, -0.2) is 12.1 Å². The van der Waals surface area contributed by atoms with Crippen molar-refractivity contribution >= 4 is 23.7 Å². The summed E-state index contributed by atoms with van der Waals surface area (Å²) in [5.74, 6) is -0.0382. The SMILES string of the molecule is CCCCCCCCC(=O)NN=Cc1ccccc1Cl. The fourth-order valence-corrected chi connectivity index (χ4v) is 2.06. The lowest BCUT2D eigenvalue weighted by molar-refractivity contribution is -0.121. The highest BCUT2D eigenvalue weighted by Gasteiger charge is 1.99. The summed E-state index contributed by atoms with van der Waals surface area (Å²) in [4.78, 5) is 11.5. The molecular weight excluding hydrogens is 272 g/mol. The van der Waals surface area contributed by atoms with Crippen LogP contribution in [0.5, 0.6) is 0 Å². The lowest BCUT2D eigenvalue weighted by Gasteiger charge is -2.01. The molecule has 0 aliphatic heterocycles. The molecule has 3 nitrogen and oxygen atoms in total. The second-order valence-electron chi connectivity index (χ2n) is 4.83. The highest BCUT2D eigenvalue weighted by molar-refractivity contribution is 6.33. The Balaban J connectivity index is 2.15. The molecule has 4 heteroatoms. The van der Waals surface area contributed by atoms with Gasteiger partial charge in [-0.05, 0) is 12.5 Å².